The molecular formula is C9H11N3O. The van der Waals surface area contributed by atoms with Crippen molar-refractivity contribution in [1.82, 2.24) is 5.32 Å². The largest absolute Gasteiger partial charge is 0.316 e. The van der Waals surface area contributed by atoms with Gasteiger partial charge in [-0.3, -0.25) is 4.79 Å². The van der Waals surface area contributed by atoms with E-state index in [2.05, 4.69) is 5.32 Å². The maximum Gasteiger partial charge on any atom is 0.230 e. The van der Waals surface area contributed by atoms with Crippen LogP contribution in [0.25, 0.3) is 0 Å². The number of nitrogens with one attached hydrogen (secondary N) is 1. The number of hydrogen-bond acceptors (Lipinski definition) is 3. The fraction of sp³-hybridized carbons (Fsp3) is 0.444. The summed E-state index contributed by atoms with van der Waals surface area (Å²) in [5.74, 6) is -0.282. The average Bonchev–Trinajstić information content (AvgIpc) is 2.01. The highest BCUT2D eigenvalue weighted by molar-refractivity contribution is 5.83. The van der Waals surface area contributed by atoms with Crippen molar-refractivity contribution in [2.75, 3.05) is 0 Å². The van der Waals surface area contributed by atoms with E-state index in [1.165, 1.54) is 0 Å². The lowest BCUT2D eigenvalue weighted by atomic mass is 9.95. The first-order chi connectivity index (χ1) is 5.91. The first-order valence-corrected chi connectivity index (χ1v) is 3.73. The summed E-state index contributed by atoms with van der Waals surface area (Å²) in [5.41, 5.74) is -0.590. The van der Waals surface area contributed by atoms with Gasteiger partial charge in [-0.1, -0.05) is 20.8 Å². The zero-order valence-corrected chi connectivity index (χ0v) is 7.88. The lowest BCUT2D eigenvalue weighted by molar-refractivity contribution is -0.127. The quantitative estimate of drug-likeness (QED) is 0.609. The van der Waals surface area contributed by atoms with Gasteiger partial charge in [0.2, 0.25) is 5.91 Å². The third-order valence-corrected chi connectivity index (χ3v) is 1.26. The molecule has 13 heavy (non-hydrogen) atoms. The minimum Gasteiger partial charge on any atom is -0.316 e. The van der Waals surface area contributed by atoms with Crippen molar-refractivity contribution in [3.05, 3.63) is 11.8 Å². The predicted molar refractivity (Wildman–Crippen MR) is 46.9 cm³/mol. The van der Waals surface area contributed by atoms with Gasteiger partial charge >= 0.3 is 0 Å². The lowest BCUT2D eigenvalue weighted by Gasteiger charge is -2.16. The normalized spacial score (nSPS) is 11.3. The molecule has 4 heteroatoms. The standard InChI is InChI=1S/C9H11N3O/c1-9(2,3)8(13)12-7(6-11)4-5-10/h4H,1-3H3,(H,12,13)/b7-4+. The summed E-state index contributed by atoms with van der Waals surface area (Å²) in [6.45, 7) is 5.18. The summed E-state index contributed by atoms with van der Waals surface area (Å²) < 4.78 is 0. The van der Waals surface area contributed by atoms with Gasteiger partial charge in [-0.15, -0.1) is 0 Å². The van der Waals surface area contributed by atoms with Crippen LogP contribution < -0.4 is 5.32 Å². The Balaban J connectivity index is 4.49. The van der Waals surface area contributed by atoms with Gasteiger partial charge in [0.05, 0.1) is 12.1 Å². The summed E-state index contributed by atoms with van der Waals surface area (Å²) in [5, 5.41) is 19.1. The van der Waals surface area contributed by atoms with Gasteiger partial charge < -0.3 is 5.32 Å². The Morgan fingerprint density at radius 2 is 1.92 bits per heavy atom. The average molecular weight is 177 g/mol. The number of nitrogens with zero attached hydrogens (tertiary/aromatic N) is 2. The molecule has 0 saturated heterocycles. The fourth-order valence-electron chi connectivity index (χ4n) is 0.471. The molecule has 0 aliphatic rings. The molecule has 4 nitrogen and oxygen atoms in total. The second-order valence-corrected chi connectivity index (χ2v) is 3.50. The van der Waals surface area contributed by atoms with Crippen LogP contribution in [0.15, 0.2) is 11.8 Å². The summed E-state index contributed by atoms with van der Waals surface area (Å²) in [7, 11) is 0. The van der Waals surface area contributed by atoms with Gasteiger partial charge in [-0.2, -0.15) is 10.5 Å². The minimum atomic E-state index is -0.564. The number of nitriles is 2. The van der Waals surface area contributed by atoms with Crippen LogP contribution in [-0.2, 0) is 4.79 Å². The van der Waals surface area contributed by atoms with E-state index in [1.54, 1.807) is 32.9 Å². The van der Waals surface area contributed by atoms with E-state index in [9.17, 15) is 4.79 Å². The third-order valence-electron chi connectivity index (χ3n) is 1.26. The molecule has 0 bridgehead atoms. The Kier molecular flexibility index (Phi) is 3.68. The molecule has 1 N–H and O–H groups in total. The highest BCUT2D eigenvalue weighted by atomic mass is 16.2. The van der Waals surface area contributed by atoms with Crippen molar-refractivity contribution in [3.63, 3.8) is 0 Å². The maximum atomic E-state index is 11.3. The number of rotatable bonds is 1. The van der Waals surface area contributed by atoms with Gasteiger partial charge in [-0.05, 0) is 0 Å². The van der Waals surface area contributed by atoms with Crippen molar-refractivity contribution in [3.8, 4) is 12.1 Å². The monoisotopic (exact) mass is 177 g/mol. The zero-order chi connectivity index (χ0) is 10.5. The van der Waals surface area contributed by atoms with Gasteiger partial charge in [0.1, 0.15) is 11.8 Å². The second kappa shape index (κ2) is 4.27. The SMILES string of the molecule is CC(C)(C)C(=O)N/C(C#N)=C/C#N. The Bertz CT molecular complexity index is 309. The van der Waals surface area contributed by atoms with E-state index in [4.69, 9.17) is 10.5 Å². The molecule has 1 amide bonds. The molecule has 0 aromatic heterocycles. The van der Waals surface area contributed by atoms with Crippen molar-refractivity contribution in [2.24, 2.45) is 5.41 Å². The molecule has 0 aromatic carbocycles. The number of amides is 1. The van der Waals surface area contributed by atoms with Crippen molar-refractivity contribution in [1.29, 1.82) is 10.5 Å². The summed E-state index contributed by atoms with van der Waals surface area (Å²) in [6.07, 6.45) is 1.00. The van der Waals surface area contributed by atoms with Crippen LogP contribution in [-0.4, -0.2) is 5.91 Å². The third kappa shape index (κ3) is 3.93. The van der Waals surface area contributed by atoms with Crippen LogP contribution in [0.5, 0.6) is 0 Å². The molecule has 0 atom stereocenters. The predicted octanol–water partition coefficient (Wildman–Crippen LogP) is 1.08. The van der Waals surface area contributed by atoms with E-state index in [1.807, 2.05) is 0 Å². The second-order valence-electron chi connectivity index (χ2n) is 3.50. The molecule has 68 valence electrons. The van der Waals surface area contributed by atoms with Crippen LogP contribution in [0.1, 0.15) is 20.8 Å². The molecule has 0 radical (unpaired) electrons. The Morgan fingerprint density at radius 3 is 2.23 bits per heavy atom. The molecule has 0 aliphatic heterocycles. The lowest BCUT2D eigenvalue weighted by Crippen LogP contribution is -2.33. The van der Waals surface area contributed by atoms with Gasteiger partial charge in [0, 0.05) is 5.41 Å². The molecule has 0 unspecified atom stereocenters. The molecule has 0 heterocycles. The Hall–Kier alpha value is -1.81. The van der Waals surface area contributed by atoms with E-state index in [-0.39, 0.29) is 11.6 Å². The Labute approximate surface area is 77.5 Å². The Morgan fingerprint density at radius 1 is 1.38 bits per heavy atom. The number of carbonyl (C=O) groups is 1. The van der Waals surface area contributed by atoms with E-state index >= 15 is 0 Å². The van der Waals surface area contributed by atoms with Crippen molar-refractivity contribution >= 4 is 5.91 Å². The topological polar surface area (TPSA) is 76.7 Å². The van der Waals surface area contributed by atoms with Gasteiger partial charge in [0.15, 0.2) is 0 Å². The highest BCUT2D eigenvalue weighted by Crippen LogP contribution is 2.12. The van der Waals surface area contributed by atoms with Gasteiger partial charge in [-0.25, -0.2) is 0 Å². The number of allylic oxidation sites excluding steroid dienone is 2. The van der Waals surface area contributed by atoms with Crippen LogP contribution >= 0.6 is 0 Å². The van der Waals surface area contributed by atoms with Gasteiger partial charge in [0.25, 0.3) is 0 Å². The number of carbonyl (C=O) groups excluding carboxylic acids is 1. The first-order valence-electron chi connectivity index (χ1n) is 3.73. The van der Waals surface area contributed by atoms with Crippen LogP contribution in [0.4, 0.5) is 0 Å². The molecule has 0 saturated carbocycles. The van der Waals surface area contributed by atoms with E-state index in [0.717, 1.165) is 6.08 Å². The fourth-order valence-corrected chi connectivity index (χ4v) is 0.471. The molecule has 0 spiro atoms. The first kappa shape index (κ1) is 11.2. The molecular weight excluding hydrogens is 166 g/mol. The van der Waals surface area contributed by atoms with E-state index in [0.29, 0.717) is 0 Å². The van der Waals surface area contributed by atoms with E-state index < -0.39 is 5.41 Å². The summed E-state index contributed by atoms with van der Waals surface area (Å²) in [6, 6.07) is 3.39. The highest BCUT2D eigenvalue weighted by Gasteiger charge is 2.21. The van der Waals surface area contributed by atoms with Crippen LogP contribution in [0.2, 0.25) is 0 Å². The van der Waals surface area contributed by atoms with Crippen LogP contribution in [0, 0.1) is 28.1 Å². The van der Waals surface area contributed by atoms with Crippen LogP contribution in [0.3, 0.4) is 0 Å². The van der Waals surface area contributed by atoms with Crippen molar-refractivity contribution in [2.45, 2.75) is 20.8 Å². The maximum absolute atomic E-state index is 11.3. The summed E-state index contributed by atoms with van der Waals surface area (Å²) in [4.78, 5) is 11.3. The molecule has 0 aliphatic carbocycles. The molecule has 0 aromatic rings. The minimum absolute atomic E-state index is 0.0255. The number of hydrogen-bond donors (Lipinski definition) is 1. The zero-order valence-electron chi connectivity index (χ0n) is 7.88. The molecule has 0 rings (SSSR count). The molecule has 0 fully saturated rings. The smallest absolute Gasteiger partial charge is 0.230 e. The van der Waals surface area contributed by atoms with Crippen molar-refractivity contribution < 1.29 is 4.79 Å². The summed E-state index contributed by atoms with van der Waals surface area (Å²) >= 11 is 0.